The Balaban J connectivity index is 0. The topological polar surface area (TPSA) is 110 Å². The second-order valence-corrected chi connectivity index (χ2v) is 4.36. The standard InChI is InChI=1S/C6H13NO2.C6H10O3/c1-4(2)3-5(7)6(8)9;1-4(2)6(8)9-5(3)7/h4-5H,3,7H2,1-2H3,(H,8,9);5,7H,1H2,2-3H3/t5-;/m1./s1. The Morgan fingerprint density at radius 3 is 1.89 bits per heavy atom. The van der Waals surface area contributed by atoms with Gasteiger partial charge in [-0.25, -0.2) is 4.79 Å². The van der Waals surface area contributed by atoms with Gasteiger partial charge in [-0.1, -0.05) is 20.4 Å². The minimum absolute atomic E-state index is 0.288. The van der Waals surface area contributed by atoms with Crippen molar-refractivity contribution in [1.82, 2.24) is 0 Å². The number of rotatable bonds is 5. The van der Waals surface area contributed by atoms with Gasteiger partial charge < -0.3 is 20.7 Å². The number of hydrogen-bond acceptors (Lipinski definition) is 5. The number of carbonyl (C=O) groups is 2. The lowest BCUT2D eigenvalue weighted by molar-refractivity contribution is -0.159. The van der Waals surface area contributed by atoms with E-state index in [4.69, 9.17) is 15.9 Å². The molecule has 0 aliphatic rings. The fourth-order valence-electron chi connectivity index (χ4n) is 0.864. The van der Waals surface area contributed by atoms with Crippen LogP contribution in [0, 0.1) is 5.92 Å². The molecular formula is C12H23NO5. The van der Waals surface area contributed by atoms with Crippen LogP contribution in [0.1, 0.15) is 34.1 Å². The average Bonchev–Trinajstić information content (AvgIpc) is 2.16. The molecule has 6 nitrogen and oxygen atoms in total. The molecule has 0 saturated heterocycles. The minimum atomic E-state index is -1.05. The number of esters is 1. The first-order valence-electron chi connectivity index (χ1n) is 5.60. The molecule has 0 amide bonds. The van der Waals surface area contributed by atoms with E-state index in [1.165, 1.54) is 13.8 Å². The van der Waals surface area contributed by atoms with Gasteiger partial charge >= 0.3 is 11.9 Å². The lowest BCUT2D eigenvalue weighted by Gasteiger charge is -2.07. The highest BCUT2D eigenvalue weighted by Crippen LogP contribution is 2.01. The first kappa shape index (κ1) is 19.0. The van der Waals surface area contributed by atoms with Crippen molar-refractivity contribution in [3.8, 4) is 0 Å². The quantitative estimate of drug-likeness (QED) is 0.385. The van der Waals surface area contributed by atoms with E-state index >= 15 is 0 Å². The second kappa shape index (κ2) is 9.61. The fraction of sp³-hybridized carbons (Fsp3) is 0.667. The molecule has 106 valence electrons. The summed E-state index contributed by atoms with van der Waals surface area (Å²) >= 11 is 0. The monoisotopic (exact) mass is 261 g/mol. The Morgan fingerprint density at radius 1 is 1.33 bits per heavy atom. The molecular weight excluding hydrogens is 238 g/mol. The van der Waals surface area contributed by atoms with Crippen LogP contribution in [0.2, 0.25) is 0 Å². The Hall–Kier alpha value is -1.40. The Labute approximate surface area is 107 Å². The van der Waals surface area contributed by atoms with Gasteiger partial charge in [-0.3, -0.25) is 4.79 Å². The Morgan fingerprint density at radius 2 is 1.78 bits per heavy atom. The zero-order chi connectivity index (χ0) is 14.9. The summed E-state index contributed by atoms with van der Waals surface area (Å²) in [4.78, 5) is 20.6. The number of nitrogens with two attached hydrogens (primary N) is 1. The van der Waals surface area contributed by atoms with E-state index < -0.39 is 24.3 Å². The number of aliphatic hydroxyl groups excluding tert-OH is 1. The van der Waals surface area contributed by atoms with E-state index in [9.17, 15) is 9.59 Å². The van der Waals surface area contributed by atoms with E-state index in [2.05, 4.69) is 11.3 Å². The summed E-state index contributed by atoms with van der Waals surface area (Å²) in [5, 5.41) is 16.8. The average molecular weight is 261 g/mol. The van der Waals surface area contributed by atoms with Gasteiger partial charge in [0.25, 0.3) is 0 Å². The van der Waals surface area contributed by atoms with E-state index in [1.54, 1.807) is 0 Å². The number of hydrogen-bond donors (Lipinski definition) is 3. The third-order valence-corrected chi connectivity index (χ3v) is 1.67. The molecule has 0 spiro atoms. The fourth-order valence-corrected chi connectivity index (χ4v) is 0.864. The van der Waals surface area contributed by atoms with Crippen molar-refractivity contribution in [2.75, 3.05) is 0 Å². The van der Waals surface area contributed by atoms with Crippen molar-refractivity contribution >= 4 is 11.9 Å². The predicted molar refractivity (Wildman–Crippen MR) is 67.7 cm³/mol. The van der Waals surface area contributed by atoms with Gasteiger partial charge in [-0.05, 0) is 26.2 Å². The van der Waals surface area contributed by atoms with Crippen LogP contribution in [0.4, 0.5) is 0 Å². The zero-order valence-electron chi connectivity index (χ0n) is 11.3. The minimum Gasteiger partial charge on any atom is -0.480 e. The highest BCUT2D eigenvalue weighted by atomic mass is 16.6. The first-order chi connectivity index (χ1) is 8.07. The van der Waals surface area contributed by atoms with Crippen LogP contribution in [-0.2, 0) is 14.3 Å². The van der Waals surface area contributed by atoms with E-state index in [-0.39, 0.29) is 5.57 Å². The molecule has 0 saturated carbocycles. The molecule has 18 heavy (non-hydrogen) atoms. The lowest BCUT2D eigenvalue weighted by Crippen LogP contribution is -2.31. The van der Waals surface area contributed by atoms with Gasteiger partial charge in [0.1, 0.15) is 6.04 Å². The highest BCUT2D eigenvalue weighted by Gasteiger charge is 2.11. The summed E-state index contributed by atoms with van der Waals surface area (Å²) in [5.74, 6) is -1.12. The summed E-state index contributed by atoms with van der Waals surface area (Å²) in [6, 6.07) is -0.690. The van der Waals surface area contributed by atoms with Crippen LogP contribution in [0.25, 0.3) is 0 Å². The molecule has 0 radical (unpaired) electrons. The van der Waals surface area contributed by atoms with Crippen molar-refractivity contribution in [3.63, 3.8) is 0 Å². The van der Waals surface area contributed by atoms with Crippen molar-refractivity contribution < 1.29 is 24.5 Å². The van der Waals surface area contributed by atoms with Gasteiger partial charge in [0.15, 0.2) is 6.29 Å². The SMILES string of the molecule is C=C(C)C(=O)OC(C)O.CC(C)C[C@@H](N)C(=O)O. The van der Waals surface area contributed by atoms with Crippen LogP contribution in [-0.4, -0.2) is 34.5 Å². The summed E-state index contributed by atoms with van der Waals surface area (Å²) in [5.41, 5.74) is 5.51. The molecule has 0 aromatic heterocycles. The van der Waals surface area contributed by atoms with E-state index in [1.807, 2.05) is 13.8 Å². The lowest BCUT2D eigenvalue weighted by atomic mass is 10.1. The summed E-state index contributed by atoms with van der Waals surface area (Å²) in [6.07, 6.45) is -0.496. The van der Waals surface area contributed by atoms with Crippen LogP contribution < -0.4 is 5.73 Å². The molecule has 0 heterocycles. The molecule has 2 atom stereocenters. The van der Waals surface area contributed by atoms with Gasteiger partial charge in [0, 0.05) is 5.57 Å². The second-order valence-electron chi connectivity index (χ2n) is 4.36. The number of aliphatic carboxylic acids is 1. The Kier molecular flexibility index (Phi) is 10.1. The molecule has 0 aromatic carbocycles. The maximum absolute atomic E-state index is 10.5. The summed E-state index contributed by atoms with van der Waals surface area (Å²) in [7, 11) is 0. The number of carbonyl (C=O) groups excluding carboxylic acids is 1. The van der Waals surface area contributed by atoms with Gasteiger partial charge in [-0.15, -0.1) is 0 Å². The Bertz CT molecular complexity index is 286. The molecule has 0 rings (SSSR count). The van der Waals surface area contributed by atoms with Crippen LogP contribution in [0.15, 0.2) is 12.2 Å². The third kappa shape index (κ3) is 12.7. The van der Waals surface area contributed by atoms with Crippen LogP contribution in [0.3, 0.4) is 0 Å². The molecule has 6 heteroatoms. The third-order valence-electron chi connectivity index (χ3n) is 1.67. The van der Waals surface area contributed by atoms with Crippen molar-refractivity contribution in [2.24, 2.45) is 11.7 Å². The first-order valence-corrected chi connectivity index (χ1v) is 5.60. The van der Waals surface area contributed by atoms with Crippen LogP contribution in [0.5, 0.6) is 0 Å². The molecule has 0 aliphatic heterocycles. The van der Waals surface area contributed by atoms with Crippen LogP contribution >= 0.6 is 0 Å². The molecule has 4 N–H and O–H groups in total. The smallest absolute Gasteiger partial charge is 0.335 e. The van der Waals surface area contributed by atoms with Crippen molar-refractivity contribution in [1.29, 1.82) is 0 Å². The molecule has 0 bridgehead atoms. The number of carboxylic acid groups (broad SMARTS) is 1. The maximum atomic E-state index is 10.5. The van der Waals surface area contributed by atoms with Gasteiger partial charge in [0.2, 0.25) is 0 Å². The molecule has 0 aliphatic carbocycles. The number of ether oxygens (including phenoxy) is 1. The molecule has 1 unspecified atom stereocenters. The largest absolute Gasteiger partial charge is 0.480 e. The van der Waals surface area contributed by atoms with E-state index in [0.29, 0.717) is 12.3 Å². The predicted octanol–water partition coefficient (Wildman–Crippen LogP) is 0.888. The van der Waals surface area contributed by atoms with Gasteiger partial charge in [-0.2, -0.15) is 0 Å². The summed E-state index contributed by atoms with van der Waals surface area (Å²) < 4.78 is 4.33. The summed E-state index contributed by atoms with van der Waals surface area (Å²) in [6.45, 7) is 10.1. The number of aliphatic hydroxyl groups is 1. The highest BCUT2D eigenvalue weighted by molar-refractivity contribution is 5.86. The maximum Gasteiger partial charge on any atom is 0.335 e. The molecule has 0 aromatic rings. The van der Waals surface area contributed by atoms with Gasteiger partial charge in [0.05, 0.1) is 0 Å². The zero-order valence-corrected chi connectivity index (χ0v) is 11.3. The van der Waals surface area contributed by atoms with Crippen molar-refractivity contribution in [2.45, 2.75) is 46.4 Å². The normalized spacial score (nSPS) is 13.1. The van der Waals surface area contributed by atoms with E-state index in [0.717, 1.165) is 0 Å². The number of carboxylic acids is 1. The van der Waals surface area contributed by atoms with Crippen molar-refractivity contribution in [3.05, 3.63) is 12.2 Å². The molecule has 0 fully saturated rings.